The molecule has 0 saturated carbocycles. The summed E-state index contributed by atoms with van der Waals surface area (Å²) in [7, 11) is 0. The Morgan fingerprint density at radius 1 is 1.38 bits per heavy atom. The van der Waals surface area contributed by atoms with Crippen molar-refractivity contribution in [2.24, 2.45) is 0 Å². The summed E-state index contributed by atoms with van der Waals surface area (Å²) in [5.74, 6) is 1.01. The second-order valence-corrected chi connectivity index (χ2v) is 3.80. The van der Waals surface area contributed by atoms with Crippen molar-refractivity contribution in [1.82, 2.24) is 9.55 Å². The van der Waals surface area contributed by atoms with E-state index < -0.39 is 6.10 Å². The van der Waals surface area contributed by atoms with Gasteiger partial charge in [-0.15, -0.1) is 0 Å². The average molecular weight is 216 g/mol. The van der Waals surface area contributed by atoms with E-state index in [0.29, 0.717) is 0 Å². The molecule has 1 N–H and O–H groups in total. The van der Waals surface area contributed by atoms with Crippen LogP contribution < -0.4 is 0 Å². The fourth-order valence-electron chi connectivity index (χ4n) is 1.88. The van der Waals surface area contributed by atoms with Gasteiger partial charge in [0.2, 0.25) is 0 Å². The molecule has 1 atom stereocenters. The van der Waals surface area contributed by atoms with Crippen LogP contribution in [0.3, 0.4) is 0 Å². The Morgan fingerprint density at radius 2 is 2.12 bits per heavy atom. The number of aliphatic hydroxyl groups excluding tert-OH is 1. The van der Waals surface area contributed by atoms with E-state index in [9.17, 15) is 5.11 Å². The molecule has 1 aromatic heterocycles. The third-order valence-electron chi connectivity index (χ3n) is 2.68. The molecule has 16 heavy (non-hydrogen) atoms. The van der Waals surface area contributed by atoms with Gasteiger partial charge >= 0.3 is 0 Å². The minimum absolute atomic E-state index is 0.469. The Kier molecular flexibility index (Phi) is 3.06. The zero-order chi connectivity index (χ0) is 11.5. The van der Waals surface area contributed by atoms with Crippen molar-refractivity contribution >= 4 is 0 Å². The summed E-state index contributed by atoms with van der Waals surface area (Å²) in [6.45, 7) is 3.85. The van der Waals surface area contributed by atoms with Gasteiger partial charge < -0.3 is 9.67 Å². The van der Waals surface area contributed by atoms with E-state index in [2.05, 4.69) is 11.9 Å². The number of aromatic nitrogens is 2. The standard InChI is InChI=1S/C13H16N2O/c1-3-13-14-8-9-15(13)12-7-5-4-6-11(12)10(2)16/h4-10,16H,3H2,1-2H3. The molecule has 3 heteroatoms. The molecule has 1 heterocycles. The highest BCUT2D eigenvalue weighted by Crippen LogP contribution is 2.22. The lowest BCUT2D eigenvalue weighted by atomic mass is 10.1. The second kappa shape index (κ2) is 4.49. The van der Waals surface area contributed by atoms with Gasteiger partial charge in [0.05, 0.1) is 11.8 Å². The Bertz CT molecular complexity index is 474. The summed E-state index contributed by atoms with van der Waals surface area (Å²) in [6.07, 6.45) is 4.13. The van der Waals surface area contributed by atoms with Crippen molar-refractivity contribution in [3.63, 3.8) is 0 Å². The number of hydrogen-bond acceptors (Lipinski definition) is 2. The lowest BCUT2D eigenvalue weighted by Crippen LogP contribution is -2.04. The van der Waals surface area contributed by atoms with Crippen molar-refractivity contribution < 1.29 is 5.11 Å². The molecule has 1 unspecified atom stereocenters. The van der Waals surface area contributed by atoms with Crippen molar-refractivity contribution in [3.05, 3.63) is 48.0 Å². The molecular formula is C13H16N2O. The maximum absolute atomic E-state index is 9.73. The normalized spacial score (nSPS) is 12.7. The van der Waals surface area contributed by atoms with Crippen molar-refractivity contribution in [1.29, 1.82) is 0 Å². The first-order chi connectivity index (χ1) is 7.74. The molecule has 0 fully saturated rings. The number of rotatable bonds is 3. The number of imidazole rings is 1. The van der Waals surface area contributed by atoms with Crippen LogP contribution in [-0.4, -0.2) is 14.7 Å². The van der Waals surface area contributed by atoms with E-state index in [0.717, 1.165) is 23.5 Å². The fraction of sp³-hybridized carbons (Fsp3) is 0.308. The molecule has 0 aliphatic heterocycles. The number of benzene rings is 1. The molecular weight excluding hydrogens is 200 g/mol. The molecule has 0 amide bonds. The van der Waals surface area contributed by atoms with Gasteiger partial charge in [-0.2, -0.15) is 0 Å². The van der Waals surface area contributed by atoms with E-state index in [-0.39, 0.29) is 0 Å². The molecule has 0 bridgehead atoms. The summed E-state index contributed by atoms with van der Waals surface area (Å²) in [6, 6.07) is 7.86. The van der Waals surface area contributed by atoms with Crippen LogP contribution in [0.25, 0.3) is 5.69 Å². The molecule has 2 aromatic rings. The number of aryl methyl sites for hydroxylation is 1. The Balaban J connectivity index is 2.55. The molecule has 0 saturated heterocycles. The first-order valence-electron chi connectivity index (χ1n) is 5.53. The third kappa shape index (κ3) is 1.86. The van der Waals surface area contributed by atoms with Gasteiger partial charge in [-0.1, -0.05) is 25.1 Å². The van der Waals surface area contributed by atoms with E-state index in [1.807, 2.05) is 35.0 Å². The van der Waals surface area contributed by atoms with Crippen LogP contribution in [0.15, 0.2) is 36.7 Å². The summed E-state index contributed by atoms with van der Waals surface area (Å²) in [5.41, 5.74) is 1.93. The lowest BCUT2D eigenvalue weighted by molar-refractivity contribution is 0.199. The predicted molar refractivity (Wildman–Crippen MR) is 63.6 cm³/mol. The zero-order valence-electron chi connectivity index (χ0n) is 9.59. The maximum atomic E-state index is 9.73. The number of hydrogen-bond donors (Lipinski definition) is 1. The first kappa shape index (κ1) is 10.9. The number of para-hydroxylation sites is 1. The van der Waals surface area contributed by atoms with E-state index in [1.165, 1.54) is 0 Å². The molecule has 1 aromatic carbocycles. The lowest BCUT2D eigenvalue weighted by Gasteiger charge is -2.14. The van der Waals surface area contributed by atoms with Crippen LogP contribution in [0.4, 0.5) is 0 Å². The van der Waals surface area contributed by atoms with Gasteiger partial charge in [0.25, 0.3) is 0 Å². The van der Waals surface area contributed by atoms with Crippen molar-refractivity contribution in [2.45, 2.75) is 26.4 Å². The SMILES string of the molecule is CCc1nccn1-c1ccccc1C(C)O. The number of aliphatic hydroxyl groups is 1. The van der Waals surface area contributed by atoms with Crippen molar-refractivity contribution in [3.8, 4) is 5.69 Å². The monoisotopic (exact) mass is 216 g/mol. The van der Waals surface area contributed by atoms with Crippen LogP contribution in [0.5, 0.6) is 0 Å². The van der Waals surface area contributed by atoms with E-state index in [4.69, 9.17) is 0 Å². The van der Waals surface area contributed by atoms with Gasteiger partial charge in [-0.25, -0.2) is 4.98 Å². The van der Waals surface area contributed by atoms with Crippen molar-refractivity contribution in [2.75, 3.05) is 0 Å². The highest BCUT2D eigenvalue weighted by molar-refractivity contribution is 5.43. The van der Waals surface area contributed by atoms with E-state index >= 15 is 0 Å². The third-order valence-corrected chi connectivity index (χ3v) is 2.68. The molecule has 3 nitrogen and oxygen atoms in total. The average Bonchev–Trinajstić information content (AvgIpc) is 2.76. The highest BCUT2D eigenvalue weighted by Gasteiger charge is 2.10. The highest BCUT2D eigenvalue weighted by atomic mass is 16.3. The van der Waals surface area contributed by atoms with Crippen LogP contribution in [-0.2, 0) is 6.42 Å². The van der Waals surface area contributed by atoms with Gasteiger partial charge in [0.1, 0.15) is 5.82 Å². The molecule has 84 valence electrons. The quantitative estimate of drug-likeness (QED) is 0.856. The Labute approximate surface area is 95.4 Å². The second-order valence-electron chi connectivity index (χ2n) is 3.80. The summed E-state index contributed by atoms with van der Waals surface area (Å²) in [4.78, 5) is 4.29. The zero-order valence-corrected chi connectivity index (χ0v) is 9.59. The molecule has 2 rings (SSSR count). The summed E-state index contributed by atoms with van der Waals surface area (Å²) >= 11 is 0. The van der Waals surface area contributed by atoms with Gasteiger partial charge in [0.15, 0.2) is 0 Å². The van der Waals surface area contributed by atoms with Gasteiger partial charge in [0, 0.05) is 24.4 Å². The van der Waals surface area contributed by atoms with Gasteiger partial charge in [-0.05, 0) is 13.0 Å². The van der Waals surface area contributed by atoms with Crippen LogP contribution in [0, 0.1) is 0 Å². The minimum Gasteiger partial charge on any atom is -0.389 e. The fourth-order valence-corrected chi connectivity index (χ4v) is 1.88. The number of nitrogens with zero attached hydrogens (tertiary/aromatic N) is 2. The summed E-state index contributed by atoms with van der Waals surface area (Å²) in [5, 5.41) is 9.73. The molecule has 0 aliphatic rings. The van der Waals surface area contributed by atoms with Crippen LogP contribution in [0.2, 0.25) is 0 Å². The smallest absolute Gasteiger partial charge is 0.112 e. The maximum Gasteiger partial charge on any atom is 0.112 e. The first-order valence-corrected chi connectivity index (χ1v) is 5.53. The molecule has 0 aliphatic carbocycles. The summed E-state index contributed by atoms with van der Waals surface area (Å²) < 4.78 is 2.03. The predicted octanol–water partition coefficient (Wildman–Crippen LogP) is 2.49. The topological polar surface area (TPSA) is 38.0 Å². The minimum atomic E-state index is -0.469. The largest absolute Gasteiger partial charge is 0.389 e. The Morgan fingerprint density at radius 3 is 2.81 bits per heavy atom. The van der Waals surface area contributed by atoms with Crippen LogP contribution in [0.1, 0.15) is 31.3 Å². The molecule has 0 radical (unpaired) electrons. The molecule has 0 spiro atoms. The van der Waals surface area contributed by atoms with Gasteiger partial charge in [-0.3, -0.25) is 0 Å². The Hall–Kier alpha value is -1.61. The van der Waals surface area contributed by atoms with E-state index in [1.54, 1.807) is 13.1 Å². The van der Waals surface area contributed by atoms with Crippen LogP contribution >= 0.6 is 0 Å².